The number of nitrogens with one attached hydrogen (secondary N) is 1. The molecule has 0 aromatic carbocycles. The van der Waals surface area contributed by atoms with Gasteiger partial charge in [-0.3, -0.25) is 0 Å². The van der Waals surface area contributed by atoms with E-state index in [0.29, 0.717) is 0 Å². The third-order valence-electron chi connectivity index (χ3n) is 4.36. The zero-order chi connectivity index (χ0) is 14.5. The van der Waals surface area contributed by atoms with Crippen LogP contribution in [-0.2, 0) is 0 Å². The highest BCUT2D eigenvalue weighted by Gasteiger charge is 2.10. The highest BCUT2D eigenvalue weighted by Crippen LogP contribution is 2.08. The second-order valence-corrected chi connectivity index (χ2v) is 6.80. The Morgan fingerprint density at radius 2 is 1.24 bits per heavy atom. The van der Waals surface area contributed by atoms with Crippen molar-refractivity contribution in [2.45, 2.75) is 51.4 Å². The minimum absolute atomic E-state index is 0. The van der Waals surface area contributed by atoms with Crippen molar-refractivity contribution in [2.24, 2.45) is 0 Å². The van der Waals surface area contributed by atoms with Crippen LogP contribution >= 0.6 is 23.2 Å². The summed E-state index contributed by atoms with van der Waals surface area (Å²) in [5, 5.41) is 0. The maximum absolute atomic E-state index is 5.67. The van der Waals surface area contributed by atoms with Crippen LogP contribution in [0.1, 0.15) is 51.4 Å². The number of rotatable bonds is 4. The highest BCUT2D eigenvalue weighted by atomic mass is 35.5. The molecule has 2 heterocycles. The monoisotopic (exact) mass is 358 g/mol. The van der Waals surface area contributed by atoms with Crippen molar-refractivity contribution < 1.29 is 17.3 Å². The Morgan fingerprint density at radius 1 is 0.714 bits per heavy atom. The smallest absolute Gasteiger partial charge is 0.0908 e. The van der Waals surface area contributed by atoms with Crippen LogP contribution in [0.15, 0.2) is 0 Å². The maximum atomic E-state index is 5.67. The fourth-order valence-electron chi connectivity index (χ4n) is 3.09. The molecule has 2 saturated heterocycles. The van der Waals surface area contributed by atoms with Crippen LogP contribution in [-0.4, -0.2) is 55.9 Å². The molecule has 0 bridgehead atoms. The minimum atomic E-state index is 0. The van der Waals surface area contributed by atoms with Crippen molar-refractivity contribution in [1.82, 2.24) is 4.90 Å². The quantitative estimate of drug-likeness (QED) is 0.683. The van der Waals surface area contributed by atoms with Gasteiger partial charge in [-0.1, -0.05) is 12.8 Å². The van der Waals surface area contributed by atoms with Crippen molar-refractivity contribution >= 4 is 23.2 Å². The first kappa shape index (κ1) is 21.8. The number of halogens is 3. The Hall–Kier alpha value is 0.790. The molecule has 2 aliphatic rings. The molecule has 128 valence electrons. The normalized spacial score (nSPS) is 21.4. The molecule has 0 saturated carbocycles. The summed E-state index contributed by atoms with van der Waals surface area (Å²) in [6.07, 6.45) is 11.3. The summed E-state index contributed by atoms with van der Waals surface area (Å²) in [6, 6.07) is 0. The second-order valence-electron chi connectivity index (χ2n) is 6.05. The van der Waals surface area contributed by atoms with Gasteiger partial charge in [-0.25, -0.2) is 0 Å². The Balaban J connectivity index is 0.000000364. The van der Waals surface area contributed by atoms with E-state index in [0.717, 1.165) is 18.3 Å². The van der Waals surface area contributed by atoms with Gasteiger partial charge in [0.25, 0.3) is 0 Å². The lowest BCUT2D eigenvalue weighted by molar-refractivity contribution is -0.896. The zero-order valence-electron chi connectivity index (χ0n) is 13.4. The number of quaternary nitrogens is 1. The molecular formula is C16H33Cl3N2. The van der Waals surface area contributed by atoms with Crippen LogP contribution in [0.4, 0.5) is 0 Å². The van der Waals surface area contributed by atoms with Crippen LogP contribution in [0, 0.1) is 0 Å². The topological polar surface area (TPSA) is 7.68 Å². The van der Waals surface area contributed by atoms with E-state index in [4.69, 9.17) is 23.2 Å². The van der Waals surface area contributed by atoms with E-state index in [1.807, 2.05) is 0 Å². The van der Waals surface area contributed by atoms with Gasteiger partial charge in [-0.2, -0.15) is 0 Å². The second kappa shape index (κ2) is 15.7. The van der Waals surface area contributed by atoms with E-state index in [1.54, 1.807) is 4.90 Å². The van der Waals surface area contributed by atoms with Crippen LogP contribution in [0.5, 0.6) is 0 Å². The van der Waals surface area contributed by atoms with Gasteiger partial charge in [0, 0.05) is 12.4 Å². The molecule has 21 heavy (non-hydrogen) atoms. The molecule has 0 atom stereocenters. The van der Waals surface area contributed by atoms with Crippen LogP contribution in [0.2, 0.25) is 0 Å². The average molecular weight is 360 g/mol. The molecule has 0 aromatic heterocycles. The van der Waals surface area contributed by atoms with Gasteiger partial charge in [-0.15, -0.1) is 23.2 Å². The van der Waals surface area contributed by atoms with Crippen LogP contribution in [0.3, 0.4) is 0 Å². The summed E-state index contributed by atoms with van der Waals surface area (Å²) in [6.45, 7) is 7.50. The summed E-state index contributed by atoms with van der Waals surface area (Å²) in [4.78, 5) is 4.19. The molecule has 5 heteroatoms. The number of nitrogens with zero attached hydrogens (tertiary/aromatic N) is 1. The van der Waals surface area contributed by atoms with Gasteiger partial charge < -0.3 is 22.2 Å². The summed E-state index contributed by atoms with van der Waals surface area (Å²) in [5.74, 6) is 1.62. The van der Waals surface area contributed by atoms with Crippen molar-refractivity contribution in [1.29, 1.82) is 0 Å². The Kier molecular flexibility index (Phi) is 16.3. The molecule has 0 unspecified atom stereocenters. The zero-order valence-corrected chi connectivity index (χ0v) is 15.7. The van der Waals surface area contributed by atoms with Crippen molar-refractivity contribution in [3.8, 4) is 0 Å². The number of hydrogen-bond donors (Lipinski definition) is 1. The molecule has 0 radical (unpaired) electrons. The van der Waals surface area contributed by atoms with Crippen LogP contribution < -0.4 is 17.3 Å². The average Bonchev–Trinajstić information content (AvgIpc) is 2.85. The Labute approximate surface area is 147 Å². The van der Waals surface area contributed by atoms with E-state index < -0.39 is 0 Å². The molecule has 0 aromatic rings. The van der Waals surface area contributed by atoms with E-state index >= 15 is 0 Å². The number of alkyl halides is 2. The first-order chi connectivity index (χ1) is 9.86. The van der Waals surface area contributed by atoms with Crippen molar-refractivity contribution in [2.75, 3.05) is 51.0 Å². The number of hydrogen-bond acceptors (Lipinski definition) is 1. The standard InChI is InChI=1S/2C8H16ClN.ClH/c2*9-5-8-10-6-3-1-2-4-7-10;/h2*1-8H2;1H. The largest absolute Gasteiger partial charge is 1.00 e. The first-order valence-corrected chi connectivity index (χ1v) is 9.61. The Bertz CT molecular complexity index is 180. The van der Waals surface area contributed by atoms with Gasteiger partial charge in [0.2, 0.25) is 0 Å². The summed E-state index contributed by atoms with van der Waals surface area (Å²) >= 11 is 11.3. The fourth-order valence-corrected chi connectivity index (χ4v) is 3.60. The van der Waals surface area contributed by atoms with E-state index in [2.05, 4.69) is 4.90 Å². The van der Waals surface area contributed by atoms with Gasteiger partial charge in [0.15, 0.2) is 0 Å². The molecule has 2 aliphatic heterocycles. The molecular weight excluding hydrogens is 327 g/mol. The van der Waals surface area contributed by atoms with E-state index in [1.165, 1.54) is 84.1 Å². The molecule has 2 nitrogen and oxygen atoms in total. The van der Waals surface area contributed by atoms with Gasteiger partial charge >= 0.3 is 0 Å². The summed E-state index contributed by atoms with van der Waals surface area (Å²) < 4.78 is 0. The van der Waals surface area contributed by atoms with Gasteiger partial charge in [-0.05, 0) is 51.6 Å². The summed E-state index contributed by atoms with van der Waals surface area (Å²) in [5.41, 5.74) is 0. The molecule has 1 N–H and O–H groups in total. The third kappa shape index (κ3) is 11.9. The molecule has 0 spiro atoms. The number of likely N-dealkylation sites (tertiary alicyclic amines) is 2. The minimum Gasteiger partial charge on any atom is -1.00 e. The van der Waals surface area contributed by atoms with Gasteiger partial charge in [0.05, 0.1) is 25.5 Å². The van der Waals surface area contributed by atoms with E-state index in [9.17, 15) is 0 Å². The lowest BCUT2D eigenvalue weighted by Gasteiger charge is -2.17. The highest BCUT2D eigenvalue weighted by molar-refractivity contribution is 6.18. The molecule has 0 aliphatic carbocycles. The first-order valence-electron chi connectivity index (χ1n) is 8.54. The molecule has 0 amide bonds. The maximum Gasteiger partial charge on any atom is 0.0908 e. The fraction of sp³-hybridized carbons (Fsp3) is 1.00. The molecule has 2 rings (SSSR count). The lowest BCUT2D eigenvalue weighted by Crippen LogP contribution is -3.12. The Morgan fingerprint density at radius 3 is 1.71 bits per heavy atom. The molecule has 2 fully saturated rings. The third-order valence-corrected chi connectivity index (χ3v) is 4.72. The van der Waals surface area contributed by atoms with Crippen LogP contribution in [0.25, 0.3) is 0 Å². The predicted molar refractivity (Wildman–Crippen MR) is 90.4 cm³/mol. The van der Waals surface area contributed by atoms with Gasteiger partial charge in [0.1, 0.15) is 0 Å². The van der Waals surface area contributed by atoms with Crippen molar-refractivity contribution in [3.05, 3.63) is 0 Å². The predicted octanol–water partition coefficient (Wildman–Crippen LogP) is -0.211. The SMILES string of the molecule is ClCCN1CCCCCC1.ClCC[NH+]1CCCCCC1.[Cl-]. The summed E-state index contributed by atoms with van der Waals surface area (Å²) in [7, 11) is 0. The van der Waals surface area contributed by atoms with Crippen molar-refractivity contribution in [3.63, 3.8) is 0 Å². The van der Waals surface area contributed by atoms with E-state index in [-0.39, 0.29) is 12.4 Å². The lowest BCUT2D eigenvalue weighted by atomic mass is 10.2.